The number of nitrogens with one attached hydrogen (secondary N) is 2. The number of ether oxygens (including phenoxy) is 2. The molecule has 4 aliphatic rings. The number of nitrogens with zero attached hydrogens (tertiary/aromatic N) is 1. The number of aryl methyl sites for hydroxylation is 1. The first-order chi connectivity index (χ1) is 15.6. The van der Waals surface area contributed by atoms with E-state index in [1.165, 1.54) is 0 Å². The van der Waals surface area contributed by atoms with Crippen molar-refractivity contribution in [1.29, 1.82) is 0 Å². The van der Waals surface area contributed by atoms with Crippen LogP contribution in [-0.4, -0.2) is 53.7 Å². The third-order valence-electron chi connectivity index (χ3n) is 7.67. The highest BCUT2D eigenvalue weighted by atomic mass is 16.5. The van der Waals surface area contributed by atoms with E-state index in [-0.39, 0.29) is 23.4 Å². The van der Waals surface area contributed by atoms with Crippen LogP contribution in [0, 0.1) is 18.3 Å². The predicted molar refractivity (Wildman–Crippen MR) is 120 cm³/mol. The van der Waals surface area contributed by atoms with Crippen molar-refractivity contribution in [1.82, 2.24) is 15.2 Å². The van der Waals surface area contributed by atoms with Crippen LogP contribution in [0.25, 0.3) is 10.9 Å². The van der Waals surface area contributed by atoms with Gasteiger partial charge in [0.15, 0.2) is 17.3 Å². The first-order valence-corrected chi connectivity index (χ1v) is 11.0. The molecule has 1 unspecified atom stereocenters. The number of hydrogen-bond acceptors (Lipinski definition) is 6. The minimum absolute atomic E-state index is 0.0475. The van der Waals surface area contributed by atoms with E-state index >= 15 is 0 Å². The minimum atomic E-state index is -0.810. The molecule has 1 spiro atoms. The molecule has 2 N–H and O–H groups in total. The monoisotopic (exact) mass is 447 g/mol. The molecule has 6 rings (SSSR count). The number of carbonyl (C=O) groups excluding carboxylic acids is 3. The second-order valence-electron chi connectivity index (χ2n) is 9.90. The molecule has 0 radical (unpaired) electrons. The summed E-state index contributed by atoms with van der Waals surface area (Å²) in [5.41, 5.74) is 2.36. The molecule has 2 aromatic rings. The van der Waals surface area contributed by atoms with Gasteiger partial charge in [-0.3, -0.25) is 14.4 Å². The second kappa shape index (κ2) is 6.07. The number of allylic oxidation sites excluding steroid dienone is 2. The molecule has 8 heteroatoms. The van der Waals surface area contributed by atoms with Crippen molar-refractivity contribution in [3.05, 3.63) is 46.4 Å². The van der Waals surface area contributed by atoms with Gasteiger partial charge >= 0.3 is 0 Å². The molecule has 2 atom stereocenters. The molecule has 2 fully saturated rings. The van der Waals surface area contributed by atoms with Crippen LogP contribution >= 0.6 is 0 Å². The summed E-state index contributed by atoms with van der Waals surface area (Å²) in [4.78, 5) is 44.6. The van der Waals surface area contributed by atoms with Crippen LogP contribution in [0.4, 0.5) is 0 Å². The second-order valence-corrected chi connectivity index (χ2v) is 9.90. The zero-order valence-electron chi connectivity index (χ0n) is 19.2. The van der Waals surface area contributed by atoms with E-state index in [9.17, 15) is 14.4 Å². The highest BCUT2D eigenvalue weighted by Crippen LogP contribution is 2.70. The van der Waals surface area contributed by atoms with Crippen molar-refractivity contribution in [2.75, 3.05) is 20.8 Å². The van der Waals surface area contributed by atoms with Crippen LogP contribution < -0.4 is 14.8 Å². The smallest absolute Gasteiger partial charge is 0.274 e. The molecule has 1 amide bonds. The maximum Gasteiger partial charge on any atom is 0.274 e. The Bertz CT molecular complexity index is 1380. The number of benzene rings is 1. The average molecular weight is 447 g/mol. The maximum absolute atomic E-state index is 13.6. The number of amides is 1. The summed E-state index contributed by atoms with van der Waals surface area (Å²) in [7, 11) is 3.16. The van der Waals surface area contributed by atoms with Gasteiger partial charge in [0.25, 0.3) is 5.91 Å². The Morgan fingerprint density at radius 3 is 2.64 bits per heavy atom. The van der Waals surface area contributed by atoms with E-state index in [0.29, 0.717) is 40.7 Å². The molecule has 1 saturated heterocycles. The number of ketones is 2. The van der Waals surface area contributed by atoms with Crippen molar-refractivity contribution in [2.45, 2.75) is 32.7 Å². The van der Waals surface area contributed by atoms with E-state index in [2.05, 4.69) is 10.3 Å². The molecule has 2 aliphatic heterocycles. The van der Waals surface area contributed by atoms with Gasteiger partial charge in [-0.1, -0.05) is 0 Å². The first-order valence-electron chi connectivity index (χ1n) is 11.0. The molecule has 1 aromatic heterocycles. The molecule has 2 aliphatic carbocycles. The first kappa shape index (κ1) is 20.1. The van der Waals surface area contributed by atoms with E-state index in [1.807, 2.05) is 13.0 Å². The molecular formula is C25H25N3O5. The number of aromatic nitrogens is 1. The summed E-state index contributed by atoms with van der Waals surface area (Å²) in [6.07, 6.45) is 2.34. The number of hydrogen-bond donors (Lipinski definition) is 2. The number of Topliss-reactive ketones (excluding diaryl/α,β-unsaturated/α-hetero) is 1. The van der Waals surface area contributed by atoms with Crippen LogP contribution in [-0.2, 0) is 9.59 Å². The number of carbonyl (C=O) groups is 3. The Kier molecular flexibility index (Phi) is 3.69. The lowest BCUT2D eigenvalue weighted by molar-refractivity contribution is -0.119. The standard InChI is InChI=1S/C25H25N3O5/c1-11-19-12(7-16(32-4)21(11)33-5)6-14(26-19)23(31)28-10-13-9-25(13)17(28)8-15(29)20-18(25)22(30)24(2,3)27-20/h6-8,13,26-27H,9-10H2,1-5H3/t13-,25?/m1/s1. The van der Waals surface area contributed by atoms with Gasteiger partial charge in [-0.15, -0.1) is 0 Å². The summed E-state index contributed by atoms with van der Waals surface area (Å²) >= 11 is 0. The van der Waals surface area contributed by atoms with Gasteiger partial charge < -0.3 is 24.7 Å². The van der Waals surface area contributed by atoms with Crippen LogP contribution in [0.5, 0.6) is 11.5 Å². The molecule has 170 valence electrons. The third kappa shape index (κ3) is 2.33. The number of aromatic amines is 1. The molecule has 1 saturated carbocycles. The SMILES string of the molecule is COc1cc2cc(C(=O)N3C[C@H]4CC45C3=CC(=O)C3=C5C(=O)C(C)(C)N3)[nH]c2c(C)c1OC. The number of methoxy groups -OCH3 is 2. The van der Waals surface area contributed by atoms with Gasteiger partial charge in [-0.2, -0.15) is 0 Å². The maximum atomic E-state index is 13.6. The number of likely N-dealkylation sites (tertiary alicyclic amines) is 1. The molecule has 33 heavy (non-hydrogen) atoms. The van der Waals surface area contributed by atoms with Gasteiger partial charge in [0, 0.05) is 40.3 Å². The molecule has 0 bridgehead atoms. The van der Waals surface area contributed by atoms with Crippen molar-refractivity contribution in [3.8, 4) is 11.5 Å². The van der Waals surface area contributed by atoms with Gasteiger partial charge in [0.05, 0.1) is 31.0 Å². The molecule has 8 nitrogen and oxygen atoms in total. The lowest BCUT2D eigenvalue weighted by atomic mass is 9.80. The third-order valence-corrected chi connectivity index (χ3v) is 7.67. The fourth-order valence-corrected chi connectivity index (χ4v) is 5.99. The van der Waals surface area contributed by atoms with Crippen LogP contribution in [0.15, 0.2) is 35.2 Å². The van der Waals surface area contributed by atoms with Crippen molar-refractivity contribution >= 4 is 28.4 Å². The van der Waals surface area contributed by atoms with Crippen molar-refractivity contribution in [3.63, 3.8) is 0 Å². The fraction of sp³-hybridized carbons (Fsp3) is 0.400. The topological polar surface area (TPSA) is 101 Å². The molecule has 1 aromatic carbocycles. The van der Waals surface area contributed by atoms with Crippen LogP contribution in [0.2, 0.25) is 0 Å². The Hall–Kier alpha value is -3.55. The number of fused-ring (bicyclic) bond motifs is 1. The lowest BCUT2D eigenvalue weighted by Gasteiger charge is -2.28. The van der Waals surface area contributed by atoms with Crippen LogP contribution in [0.3, 0.4) is 0 Å². The van der Waals surface area contributed by atoms with Gasteiger partial charge in [0.1, 0.15) is 5.69 Å². The quantitative estimate of drug-likeness (QED) is 0.750. The zero-order valence-corrected chi connectivity index (χ0v) is 19.2. The Morgan fingerprint density at radius 2 is 1.94 bits per heavy atom. The Balaban J connectivity index is 1.40. The summed E-state index contributed by atoms with van der Waals surface area (Å²) in [6, 6.07) is 3.63. The van der Waals surface area contributed by atoms with E-state index in [0.717, 1.165) is 22.9 Å². The Labute approximate surface area is 190 Å². The minimum Gasteiger partial charge on any atom is -0.493 e. The lowest BCUT2D eigenvalue weighted by Crippen LogP contribution is -2.41. The van der Waals surface area contributed by atoms with E-state index in [1.54, 1.807) is 45.1 Å². The Morgan fingerprint density at radius 1 is 1.18 bits per heavy atom. The highest BCUT2D eigenvalue weighted by molar-refractivity contribution is 6.20. The summed E-state index contributed by atoms with van der Waals surface area (Å²) in [5, 5.41) is 3.96. The van der Waals surface area contributed by atoms with Gasteiger partial charge in [-0.05, 0) is 45.2 Å². The van der Waals surface area contributed by atoms with Gasteiger partial charge in [0.2, 0.25) is 5.78 Å². The molecule has 3 heterocycles. The van der Waals surface area contributed by atoms with Crippen LogP contribution in [0.1, 0.15) is 36.3 Å². The number of piperidine rings is 1. The normalized spacial score (nSPS) is 26.6. The predicted octanol–water partition coefficient (Wildman–Crippen LogP) is 2.63. The summed E-state index contributed by atoms with van der Waals surface area (Å²) in [5.74, 6) is 0.858. The number of H-pyrrole nitrogens is 1. The summed E-state index contributed by atoms with van der Waals surface area (Å²) < 4.78 is 10.9. The molecular weight excluding hydrogens is 422 g/mol. The highest BCUT2D eigenvalue weighted by Gasteiger charge is 2.71. The summed E-state index contributed by atoms with van der Waals surface area (Å²) in [6.45, 7) is 5.98. The number of rotatable bonds is 3. The zero-order chi connectivity index (χ0) is 23.4. The van der Waals surface area contributed by atoms with Gasteiger partial charge in [-0.25, -0.2) is 0 Å². The largest absolute Gasteiger partial charge is 0.493 e. The van der Waals surface area contributed by atoms with E-state index in [4.69, 9.17) is 9.47 Å². The average Bonchev–Trinajstić information content (AvgIpc) is 3.05. The van der Waals surface area contributed by atoms with Crippen molar-refractivity contribution in [2.24, 2.45) is 11.3 Å². The fourth-order valence-electron chi connectivity index (χ4n) is 5.99. The van der Waals surface area contributed by atoms with E-state index < -0.39 is 11.0 Å². The van der Waals surface area contributed by atoms with Crippen molar-refractivity contribution < 1.29 is 23.9 Å².